The first kappa shape index (κ1) is 13.6. The van der Waals surface area contributed by atoms with Crippen LogP contribution in [0.4, 0.5) is 0 Å². The van der Waals surface area contributed by atoms with Crippen LogP contribution in [0.25, 0.3) is 0 Å². The van der Waals surface area contributed by atoms with E-state index in [9.17, 15) is 14.7 Å². The van der Waals surface area contributed by atoms with E-state index in [0.29, 0.717) is 18.4 Å². The van der Waals surface area contributed by atoms with Gasteiger partial charge in [0.05, 0.1) is 0 Å². The number of carbonyl (C=O) groups is 2. The molecule has 0 unspecified atom stereocenters. The van der Waals surface area contributed by atoms with Gasteiger partial charge in [0.2, 0.25) is 0 Å². The first-order valence-electron chi connectivity index (χ1n) is 6.72. The second kappa shape index (κ2) is 5.43. The Bertz CT molecular complexity index is 473. The number of rotatable bonds is 4. The summed E-state index contributed by atoms with van der Waals surface area (Å²) in [7, 11) is 0. The number of aliphatic carboxylic acids is 1. The normalized spacial score (nSPS) is 17.1. The van der Waals surface area contributed by atoms with E-state index < -0.39 is 11.5 Å². The third-order valence-corrected chi connectivity index (χ3v) is 3.84. The molecule has 1 fully saturated rings. The van der Waals surface area contributed by atoms with Crippen LogP contribution < -0.4 is 5.32 Å². The SMILES string of the molecule is CCc1ccc(C(=O)NC2(C(=O)O)CCCC2)cc1. The zero-order valence-corrected chi connectivity index (χ0v) is 11.1. The molecule has 1 aliphatic carbocycles. The van der Waals surface area contributed by atoms with E-state index in [1.54, 1.807) is 12.1 Å². The first-order valence-corrected chi connectivity index (χ1v) is 6.72. The Kier molecular flexibility index (Phi) is 3.88. The quantitative estimate of drug-likeness (QED) is 0.874. The van der Waals surface area contributed by atoms with Crippen molar-refractivity contribution in [3.63, 3.8) is 0 Å². The van der Waals surface area contributed by atoms with Gasteiger partial charge in [0, 0.05) is 5.56 Å². The minimum atomic E-state index is -1.07. The van der Waals surface area contributed by atoms with Crippen molar-refractivity contribution in [2.45, 2.75) is 44.6 Å². The minimum absolute atomic E-state index is 0.299. The summed E-state index contributed by atoms with van der Waals surface area (Å²) >= 11 is 0. The van der Waals surface area contributed by atoms with Gasteiger partial charge in [-0.3, -0.25) is 4.79 Å². The lowest BCUT2D eigenvalue weighted by Gasteiger charge is -2.25. The molecule has 0 aromatic heterocycles. The highest BCUT2D eigenvalue weighted by Gasteiger charge is 2.42. The molecule has 1 aromatic rings. The molecule has 1 aliphatic rings. The van der Waals surface area contributed by atoms with Gasteiger partial charge in [-0.15, -0.1) is 0 Å². The fraction of sp³-hybridized carbons (Fsp3) is 0.467. The average molecular weight is 261 g/mol. The molecule has 0 saturated heterocycles. The number of hydrogen-bond acceptors (Lipinski definition) is 2. The Labute approximate surface area is 112 Å². The zero-order valence-electron chi connectivity index (χ0n) is 11.1. The summed E-state index contributed by atoms with van der Waals surface area (Å²) in [6.45, 7) is 2.05. The Balaban J connectivity index is 2.13. The summed E-state index contributed by atoms with van der Waals surface area (Å²) in [5.74, 6) is -1.23. The van der Waals surface area contributed by atoms with Gasteiger partial charge >= 0.3 is 5.97 Å². The smallest absolute Gasteiger partial charge is 0.329 e. The minimum Gasteiger partial charge on any atom is -0.480 e. The number of amides is 1. The molecule has 4 heteroatoms. The van der Waals surface area contributed by atoms with Crippen LogP contribution in [-0.4, -0.2) is 22.5 Å². The molecule has 0 bridgehead atoms. The summed E-state index contributed by atoms with van der Waals surface area (Å²) < 4.78 is 0. The summed E-state index contributed by atoms with van der Waals surface area (Å²) in [5, 5.41) is 12.0. The summed E-state index contributed by atoms with van der Waals surface area (Å²) in [4.78, 5) is 23.5. The van der Waals surface area contributed by atoms with Gasteiger partial charge in [-0.25, -0.2) is 4.79 Å². The maximum Gasteiger partial charge on any atom is 0.329 e. The van der Waals surface area contributed by atoms with E-state index in [-0.39, 0.29) is 5.91 Å². The van der Waals surface area contributed by atoms with E-state index in [2.05, 4.69) is 5.32 Å². The standard InChI is InChI=1S/C15H19NO3/c1-2-11-5-7-12(8-6-11)13(17)16-15(14(18)19)9-3-4-10-15/h5-8H,2-4,9-10H2,1H3,(H,16,17)(H,18,19). The third-order valence-electron chi connectivity index (χ3n) is 3.84. The van der Waals surface area contributed by atoms with E-state index in [4.69, 9.17) is 0 Å². The van der Waals surface area contributed by atoms with Crippen molar-refractivity contribution >= 4 is 11.9 Å². The number of nitrogens with one attached hydrogen (secondary N) is 1. The van der Waals surface area contributed by atoms with Gasteiger partial charge < -0.3 is 10.4 Å². The van der Waals surface area contributed by atoms with Crippen LogP contribution in [0.15, 0.2) is 24.3 Å². The Morgan fingerprint density at radius 3 is 2.26 bits per heavy atom. The number of aryl methyl sites for hydroxylation is 1. The predicted octanol–water partition coefficient (Wildman–Crippen LogP) is 2.38. The number of carboxylic acids is 1. The van der Waals surface area contributed by atoms with Gasteiger partial charge in [0.25, 0.3) is 5.91 Å². The predicted molar refractivity (Wildman–Crippen MR) is 72.1 cm³/mol. The summed E-state index contributed by atoms with van der Waals surface area (Å²) in [5.41, 5.74) is 0.607. The highest BCUT2D eigenvalue weighted by Crippen LogP contribution is 2.30. The second-order valence-electron chi connectivity index (χ2n) is 5.10. The average Bonchev–Trinajstić information content (AvgIpc) is 2.88. The zero-order chi connectivity index (χ0) is 13.9. The largest absolute Gasteiger partial charge is 0.480 e. The molecular formula is C15H19NO3. The molecule has 0 aliphatic heterocycles. The Morgan fingerprint density at radius 2 is 1.79 bits per heavy atom. The molecule has 1 aromatic carbocycles. The van der Waals surface area contributed by atoms with Gasteiger partial charge in [-0.2, -0.15) is 0 Å². The summed E-state index contributed by atoms with van der Waals surface area (Å²) in [6, 6.07) is 7.30. The lowest BCUT2D eigenvalue weighted by Crippen LogP contribution is -2.52. The Morgan fingerprint density at radius 1 is 1.21 bits per heavy atom. The number of carboxylic acid groups (broad SMARTS) is 1. The van der Waals surface area contributed by atoms with Gasteiger partial charge in [-0.05, 0) is 37.0 Å². The number of carbonyl (C=O) groups excluding carboxylic acids is 1. The molecule has 2 N–H and O–H groups in total. The lowest BCUT2D eigenvalue weighted by atomic mass is 9.97. The van der Waals surface area contributed by atoms with Crippen molar-refractivity contribution in [3.8, 4) is 0 Å². The van der Waals surface area contributed by atoms with Gasteiger partial charge in [0.1, 0.15) is 5.54 Å². The van der Waals surface area contributed by atoms with Crippen molar-refractivity contribution in [1.29, 1.82) is 0 Å². The van der Waals surface area contributed by atoms with Crippen LogP contribution in [0.5, 0.6) is 0 Å². The summed E-state index contributed by atoms with van der Waals surface area (Å²) in [6.07, 6.45) is 3.64. The van der Waals surface area contributed by atoms with E-state index in [0.717, 1.165) is 24.8 Å². The molecule has 0 spiro atoms. The fourth-order valence-electron chi connectivity index (χ4n) is 2.55. The molecule has 102 valence electrons. The first-order chi connectivity index (χ1) is 9.07. The van der Waals surface area contributed by atoms with Crippen molar-refractivity contribution in [1.82, 2.24) is 5.32 Å². The van der Waals surface area contributed by atoms with Crippen molar-refractivity contribution in [3.05, 3.63) is 35.4 Å². The molecule has 0 radical (unpaired) electrons. The van der Waals surface area contributed by atoms with E-state index in [1.807, 2.05) is 19.1 Å². The molecular weight excluding hydrogens is 242 g/mol. The third kappa shape index (κ3) is 2.78. The van der Waals surface area contributed by atoms with Crippen LogP contribution in [0, 0.1) is 0 Å². The fourth-order valence-corrected chi connectivity index (χ4v) is 2.55. The highest BCUT2D eigenvalue weighted by molar-refractivity contribution is 5.98. The van der Waals surface area contributed by atoms with Crippen LogP contribution in [0.1, 0.15) is 48.5 Å². The van der Waals surface area contributed by atoms with Crippen molar-refractivity contribution in [2.24, 2.45) is 0 Å². The second-order valence-corrected chi connectivity index (χ2v) is 5.10. The lowest BCUT2D eigenvalue weighted by molar-refractivity contribution is -0.144. The highest BCUT2D eigenvalue weighted by atomic mass is 16.4. The number of hydrogen-bond donors (Lipinski definition) is 2. The van der Waals surface area contributed by atoms with Gasteiger partial charge in [-0.1, -0.05) is 31.9 Å². The number of benzene rings is 1. The van der Waals surface area contributed by atoms with Crippen molar-refractivity contribution < 1.29 is 14.7 Å². The maximum atomic E-state index is 12.1. The van der Waals surface area contributed by atoms with Crippen LogP contribution in [0.3, 0.4) is 0 Å². The molecule has 4 nitrogen and oxygen atoms in total. The molecule has 0 atom stereocenters. The van der Waals surface area contributed by atoms with Crippen LogP contribution in [-0.2, 0) is 11.2 Å². The Hall–Kier alpha value is -1.84. The molecule has 2 rings (SSSR count). The molecule has 1 amide bonds. The van der Waals surface area contributed by atoms with Crippen LogP contribution >= 0.6 is 0 Å². The van der Waals surface area contributed by atoms with Gasteiger partial charge in [0.15, 0.2) is 0 Å². The monoisotopic (exact) mass is 261 g/mol. The molecule has 19 heavy (non-hydrogen) atoms. The maximum absolute atomic E-state index is 12.1. The van der Waals surface area contributed by atoms with Crippen molar-refractivity contribution in [2.75, 3.05) is 0 Å². The van der Waals surface area contributed by atoms with Crippen LogP contribution in [0.2, 0.25) is 0 Å². The topological polar surface area (TPSA) is 66.4 Å². The molecule has 0 heterocycles. The van der Waals surface area contributed by atoms with E-state index >= 15 is 0 Å². The molecule has 1 saturated carbocycles. The van der Waals surface area contributed by atoms with E-state index in [1.165, 1.54) is 0 Å².